The van der Waals surface area contributed by atoms with Gasteiger partial charge in [0, 0.05) is 31.1 Å². The van der Waals surface area contributed by atoms with E-state index in [4.69, 9.17) is 0 Å². The Morgan fingerprint density at radius 3 is 2.70 bits per heavy atom. The predicted octanol–water partition coefficient (Wildman–Crippen LogP) is 1.70. The first-order chi connectivity index (χ1) is 9.49. The largest absolute Gasteiger partial charge is 0.380 e. The minimum Gasteiger partial charge on any atom is -0.380 e. The van der Waals surface area contributed by atoms with E-state index >= 15 is 0 Å². The number of sulfone groups is 1. The molecule has 0 saturated heterocycles. The third-order valence-electron chi connectivity index (χ3n) is 2.75. The van der Waals surface area contributed by atoms with E-state index < -0.39 is 9.84 Å². The van der Waals surface area contributed by atoms with Gasteiger partial charge in [0.15, 0.2) is 14.9 Å². The van der Waals surface area contributed by atoms with Crippen LogP contribution in [0, 0.1) is 0 Å². The van der Waals surface area contributed by atoms with E-state index in [1.165, 1.54) is 12.3 Å². The number of aryl methyl sites for hydroxylation is 1. The number of aromatic nitrogens is 3. The fourth-order valence-electron chi connectivity index (χ4n) is 1.76. The van der Waals surface area contributed by atoms with Crippen LogP contribution in [-0.2, 0) is 22.9 Å². The SMILES string of the molecule is CCCn1cc(CNc2ccc(S(C)(=O)=O)nc2)cn1. The van der Waals surface area contributed by atoms with Crippen molar-refractivity contribution in [1.29, 1.82) is 0 Å². The lowest BCUT2D eigenvalue weighted by Gasteiger charge is -2.05. The molecule has 108 valence electrons. The van der Waals surface area contributed by atoms with Crippen LogP contribution in [-0.4, -0.2) is 29.4 Å². The molecule has 0 unspecified atom stereocenters. The molecule has 0 aromatic carbocycles. The second-order valence-electron chi connectivity index (χ2n) is 4.62. The van der Waals surface area contributed by atoms with E-state index in [1.807, 2.05) is 17.1 Å². The zero-order valence-electron chi connectivity index (χ0n) is 11.6. The molecule has 0 fully saturated rings. The molecule has 2 aromatic rings. The molecule has 0 saturated carbocycles. The molecule has 0 spiro atoms. The summed E-state index contributed by atoms with van der Waals surface area (Å²) >= 11 is 0. The first-order valence-electron chi connectivity index (χ1n) is 6.40. The molecule has 0 aliphatic heterocycles. The predicted molar refractivity (Wildman–Crippen MR) is 77.2 cm³/mol. The lowest BCUT2D eigenvalue weighted by atomic mass is 10.3. The second-order valence-corrected chi connectivity index (χ2v) is 6.59. The van der Waals surface area contributed by atoms with Gasteiger partial charge in [0.1, 0.15) is 0 Å². The summed E-state index contributed by atoms with van der Waals surface area (Å²) < 4.78 is 24.5. The third kappa shape index (κ3) is 3.80. The van der Waals surface area contributed by atoms with Crippen molar-refractivity contribution in [3.8, 4) is 0 Å². The van der Waals surface area contributed by atoms with Gasteiger partial charge in [0.25, 0.3) is 0 Å². The Morgan fingerprint density at radius 1 is 1.30 bits per heavy atom. The van der Waals surface area contributed by atoms with Gasteiger partial charge in [-0.1, -0.05) is 6.92 Å². The van der Waals surface area contributed by atoms with Crippen molar-refractivity contribution in [3.63, 3.8) is 0 Å². The fourth-order valence-corrected chi connectivity index (χ4v) is 2.32. The van der Waals surface area contributed by atoms with Gasteiger partial charge in [-0.05, 0) is 18.6 Å². The molecule has 0 amide bonds. The summed E-state index contributed by atoms with van der Waals surface area (Å²) in [7, 11) is -3.24. The number of pyridine rings is 1. The number of rotatable bonds is 6. The molecular formula is C13H18N4O2S. The summed E-state index contributed by atoms with van der Waals surface area (Å²) in [4.78, 5) is 3.93. The molecule has 1 N–H and O–H groups in total. The van der Waals surface area contributed by atoms with Crippen molar-refractivity contribution in [2.24, 2.45) is 0 Å². The molecule has 0 aliphatic rings. The van der Waals surface area contributed by atoms with Crippen LogP contribution in [0.4, 0.5) is 5.69 Å². The van der Waals surface area contributed by atoms with Crippen LogP contribution >= 0.6 is 0 Å². The Balaban J connectivity index is 1.96. The van der Waals surface area contributed by atoms with E-state index in [0.29, 0.717) is 6.54 Å². The van der Waals surface area contributed by atoms with E-state index in [1.54, 1.807) is 6.07 Å². The molecule has 2 rings (SSSR count). The first-order valence-corrected chi connectivity index (χ1v) is 8.29. The van der Waals surface area contributed by atoms with Crippen LogP contribution in [0.3, 0.4) is 0 Å². The number of nitrogens with one attached hydrogen (secondary N) is 1. The highest BCUT2D eigenvalue weighted by molar-refractivity contribution is 7.90. The summed E-state index contributed by atoms with van der Waals surface area (Å²) in [6, 6.07) is 3.21. The first kappa shape index (κ1) is 14.5. The highest BCUT2D eigenvalue weighted by Gasteiger charge is 2.07. The number of hydrogen-bond acceptors (Lipinski definition) is 5. The molecule has 2 heterocycles. The molecule has 7 heteroatoms. The highest BCUT2D eigenvalue weighted by Crippen LogP contribution is 2.11. The van der Waals surface area contributed by atoms with E-state index in [0.717, 1.165) is 30.5 Å². The van der Waals surface area contributed by atoms with Crippen molar-refractivity contribution in [1.82, 2.24) is 14.8 Å². The minimum atomic E-state index is -3.24. The van der Waals surface area contributed by atoms with Gasteiger partial charge >= 0.3 is 0 Å². The average molecular weight is 294 g/mol. The van der Waals surface area contributed by atoms with E-state index in [9.17, 15) is 8.42 Å². The average Bonchev–Trinajstić information content (AvgIpc) is 2.84. The quantitative estimate of drug-likeness (QED) is 0.877. The third-order valence-corrected chi connectivity index (χ3v) is 3.75. The molecule has 0 atom stereocenters. The van der Waals surface area contributed by atoms with Crippen molar-refractivity contribution >= 4 is 15.5 Å². The molecule has 0 bridgehead atoms. The summed E-state index contributed by atoms with van der Waals surface area (Å²) in [5, 5.41) is 7.51. The Morgan fingerprint density at radius 2 is 2.10 bits per heavy atom. The van der Waals surface area contributed by atoms with Crippen molar-refractivity contribution < 1.29 is 8.42 Å². The maximum atomic E-state index is 11.3. The lowest BCUT2D eigenvalue weighted by Crippen LogP contribution is -2.03. The summed E-state index contributed by atoms with van der Waals surface area (Å²) in [5.74, 6) is 0. The van der Waals surface area contributed by atoms with Gasteiger partial charge < -0.3 is 5.32 Å². The van der Waals surface area contributed by atoms with Crippen LogP contribution in [0.15, 0.2) is 35.7 Å². The summed E-state index contributed by atoms with van der Waals surface area (Å²) in [5.41, 5.74) is 1.85. The van der Waals surface area contributed by atoms with E-state index in [2.05, 4.69) is 22.3 Å². The maximum Gasteiger partial charge on any atom is 0.192 e. The van der Waals surface area contributed by atoms with Gasteiger partial charge in [-0.25, -0.2) is 13.4 Å². The fraction of sp³-hybridized carbons (Fsp3) is 0.385. The standard InChI is InChI=1S/C13H18N4O2S/c1-3-6-17-10-11(8-16-17)7-14-12-4-5-13(15-9-12)20(2,18)19/h4-5,8-10,14H,3,6-7H2,1-2H3. The van der Waals surface area contributed by atoms with Crippen LogP contribution in [0.1, 0.15) is 18.9 Å². The molecule has 0 radical (unpaired) electrons. The summed E-state index contributed by atoms with van der Waals surface area (Å²) in [6.45, 7) is 3.64. The minimum absolute atomic E-state index is 0.0822. The topological polar surface area (TPSA) is 76.9 Å². The van der Waals surface area contributed by atoms with Gasteiger partial charge in [-0.2, -0.15) is 5.10 Å². The van der Waals surface area contributed by atoms with Crippen molar-refractivity contribution in [2.75, 3.05) is 11.6 Å². The Hall–Kier alpha value is -1.89. The molecule has 2 aromatic heterocycles. The maximum absolute atomic E-state index is 11.3. The van der Waals surface area contributed by atoms with Crippen LogP contribution in [0.5, 0.6) is 0 Å². The van der Waals surface area contributed by atoms with Crippen molar-refractivity contribution in [2.45, 2.75) is 31.5 Å². The van der Waals surface area contributed by atoms with Crippen LogP contribution < -0.4 is 5.32 Å². The van der Waals surface area contributed by atoms with Crippen LogP contribution in [0.25, 0.3) is 0 Å². The molecular weight excluding hydrogens is 276 g/mol. The molecule has 20 heavy (non-hydrogen) atoms. The smallest absolute Gasteiger partial charge is 0.192 e. The highest BCUT2D eigenvalue weighted by atomic mass is 32.2. The van der Waals surface area contributed by atoms with Gasteiger partial charge in [-0.3, -0.25) is 4.68 Å². The van der Waals surface area contributed by atoms with Crippen molar-refractivity contribution in [3.05, 3.63) is 36.3 Å². The summed E-state index contributed by atoms with van der Waals surface area (Å²) in [6.07, 6.45) is 7.53. The zero-order valence-corrected chi connectivity index (χ0v) is 12.4. The van der Waals surface area contributed by atoms with Crippen LogP contribution in [0.2, 0.25) is 0 Å². The lowest BCUT2D eigenvalue weighted by molar-refractivity contribution is 0.598. The Kier molecular flexibility index (Phi) is 4.39. The Bertz CT molecular complexity index is 662. The molecule has 6 nitrogen and oxygen atoms in total. The van der Waals surface area contributed by atoms with Gasteiger partial charge in [0.2, 0.25) is 0 Å². The van der Waals surface area contributed by atoms with Gasteiger partial charge in [-0.15, -0.1) is 0 Å². The zero-order chi connectivity index (χ0) is 14.6. The normalized spacial score (nSPS) is 11.5. The Labute approximate surface area is 118 Å². The number of hydrogen-bond donors (Lipinski definition) is 1. The number of nitrogens with zero attached hydrogens (tertiary/aromatic N) is 3. The second kappa shape index (κ2) is 6.04. The number of anilines is 1. The van der Waals surface area contributed by atoms with Gasteiger partial charge in [0.05, 0.1) is 18.1 Å². The van der Waals surface area contributed by atoms with E-state index in [-0.39, 0.29) is 5.03 Å². The monoisotopic (exact) mass is 294 g/mol. The molecule has 0 aliphatic carbocycles.